The zero-order chi connectivity index (χ0) is 29.2. The minimum Gasteiger partial charge on any atom is -0.493 e. The Kier molecular flexibility index (Phi) is 10.2. The van der Waals surface area contributed by atoms with Crippen LogP contribution < -0.4 is 24.4 Å². The molecule has 3 aromatic carbocycles. The Balaban J connectivity index is 1.82. The van der Waals surface area contributed by atoms with Crippen molar-refractivity contribution in [3.8, 4) is 28.7 Å². The number of non-ortho nitro benzene ring substituents is 1. The van der Waals surface area contributed by atoms with Crippen LogP contribution in [0.3, 0.4) is 0 Å². The first-order valence-corrected chi connectivity index (χ1v) is 12.3. The van der Waals surface area contributed by atoms with Gasteiger partial charge in [0.05, 0.1) is 47.5 Å². The predicted octanol–water partition coefficient (Wildman–Crippen LogP) is 5.91. The number of nitro groups is 2. The maximum absolute atomic E-state index is 12.6. The van der Waals surface area contributed by atoms with Crippen LogP contribution in [0.1, 0.15) is 36.2 Å². The predicted molar refractivity (Wildman–Crippen MR) is 146 cm³/mol. The van der Waals surface area contributed by atoms with Crippen LogP contribution in [0.15, 0.2) is 53.6 Å². The molecule has 1 amide bonds. The highest BCUT2D eigenvalue weighted by Gasteiger charge is 2.23. The molecule has 0 aliphatic rings. The Morgan fingerprint density at radius 2 is 1.73 bits per heavy atom. The van der Waals surface area contributed by atoms with Crippen molar-refractivity contribution < 1.29 is 33.6 Å². The van der Waals surface area contributed by atoms with E-state index in [0.717, 1.165) is 24.6 Å². The summed E-state index contributed by atoms with van der Waals surface area (Å²) in [5.41, 5.74) is 2.03. The number of ether oxygens (including phenoxy) is 4. The Morgan fingerprint density at radius 1 is 0.975 bits per heavy atom. The molecule has 0 aliphatic carbocycles. The monoisotopic (exact) mass is 572 g/mol. The van der Waals surface area contributed by atoms with Gasteiger partial charge in [0.15, 0.2) is 23.0 Å². The van der Waals surface area contributed by atoms with Gasteiger partial charge in [-0.05, 0) is 55.3 Å². The summed E-state index contributed by atoms with van der Waals surface area (Å²) in [6, 6.07) is 10.6. The van der Waals surface area contributed by atoms with Crippen LogP contribution in [0, 0.1) is 20.2 Å². The third kappa shape index (κ3) is 7.35. The Hall–Kier alpha value is -4.91. The number of carbonyl (C=O) groups is 1. The Bertz CT molecular complexity index is 1450. The van der Waals surface area contributed by atoms with Gasteiger partial charge < -0.3 is 18.9 Å². The summed E-state index contributed by atoms with van der Waals surface area (Å²) in [7, 11) is 1.47. The zero-order valence-electron chi connectivity index (χ0n) is 21.7. The molecular weight excluding hydrogens is 548 g/mol. The molecule has 13 nitrogen and oxygen atoms in total. The van der Waals surface area contributed by atoms with Crippen molar-refractivity contribution >= 4 is 35.1 Å². The van der Waals surface area contributed by atoms with Gasteiger partial charge in [-0.3, -0.25) is 25.0 Å². The first-order chi connectivity index (χ1) is 19.2. The highest BCUT2D eigenvalue weighted by molar-refractivity contribution is 6.32. The second kappa shape index (κ2) is 13.8. The lowest BCUT2D eigenvalue weighted by molar-refractivity contribution is -0.394. The van der Waals surface area contributed by atoms with Gasteiger partial charge in [0.1, 0.15) is 0 Å². The summed E-state index contributed by atoms with van der Waals surface area (Å²) in [6.07, 6.45) is 2.14. The standard InChI is InChI=1S/C26H25ClN4O9/c1-4-10-39-22-8-6-17(13-23(22)37-3)26(32)29-28-15-16-11-19(27)25(24(12-16)38-5-2)40-21-9-7-18(30(33)34)14-20(21)31(35)36/h6-9,11-15H,4-5,10H2,1-3H3,(H,29,32)/b28-15+. The minimum absolute atomic E-state index is 0.0128. The lowest BCUT2D eigenvalue weighted by Gasteiger charge is -2.14. The van der Waals surface area contributed by atoms with Gasteiger partial charge in [-0.2, -0.15) is 5.10 Å². The smallest absolute Gasteiger partial charge is 0.318 e. The average molecular weight is 573 g/mol. The molecule has 0 bridgehead atoms. The number of methoxy groups -OCH3 is 1. The lowest BCUT2D eigenvalue weighted by atomic mass is 10.2. The summed E-state index contributed by atoms with van der Waals surface area (Å²) in [6.45, 7) is 4.39. The number of halogens is 1. The van der Waals surface area contributed by atoms with Crippen molar-refractivity contribution in [2.45, 2.75) is 20.3 Å². The first-order valence-electron chi connectivity index (χ1n) is 11.9. The SMILES string of the molecule is CCCOc1ccc(C(=O)N/N=C/c2cc(Cl)c(Oc3ccc([N+](=O)[O-])cc3[N+](=O)[O-])c(OCC)c2)cc1OC. The van der Waals surface area contributed by atoms with Crippen LogP contribution in [0.2, 0.25) is 5.02 Å². The second-order valence-corrected chi connectivity index (χ2v) is 8.35. The fourth-order valence-electron chi connectivity index (χ4n) is 3.35. The van der Waals surface area contributed by atoms with Crippen LogP contribution in [-0.4, -0.2) is 42.3 Å². The van der Waals surface area contributed by atoms with Gasteiger partial charge in [0.2, 0.25) is 5.75 Å². The third-order valence-corrected chi connectivity index (χ3v) is 5.44. The van der Waals surface area contributed by atoms with E-state index >= 15 is 0 Å². The van der Waals surface area contributed by atoms with Gasteiger partial charge in [0, 0.05) is 11.6 Å². The van der Waals surface area contributed by atoms with E-state index in [-0.39, 0.29) is 28.9 Å². The van der Waals surface area contributed by atoms with E-state index in [1.54, 1.807) is 19.1 Å². The number of hydrogen-bond acceptors (Lipinski definition) is 10. The number of nitrogens with zero attached hydrogens (tertiary/aromatic N) is 3. The van der Waals surface area contributed by atoms with Crippen molar-refractivity contribution in [3.63, 3.8) is 0 Å². The van der Waals surface area contributed by atoms with Gasteiger partial charge in [0.25, 0.3) is 11.6 Å². The molecule has 0 spiro atoms. The van der Waals surface area contributed by atoms with Crippen LogP contribution in [0.25, 0.3) is 0 Å². The van der Waals surface area contributed by atoms with E-state index in [2.05, 4.69) is 10.5 Å². The van der Waals surface area contributed by atoms with E-state index in [0.29, 0.717) is 29.2 Å². The molecule has 0 heterocycles. The highest BCUT2D eigenvalue weighted by atomic mass is 35.5. The molecule has 1 N–H and O–H groups in total. The largest absolute Gasteiger partial charge is 0.493 e. The first kappa shape index (κ1) is 29.6. The Morgan fingerprint density at radius 3 is 2.38 bits per heavy atom. The quantitative estimate of drug-likeness (QED) is 0.149. The van der Waals surface area contributed by atoms with E-state index < -0.39 is 27.1 Å². The Labute approximate surface area is 233 Å². The van der Waals surface area contributed by atoms with Crippen molar-refractivity contribution in [2.24, 2.45) is 5.10 Å². The number of carbonyl (C=O) groups excluding carboxylic acids is 1. The molecule has 0 aromatic heterocycles. The fraction of sp³-hybridized carbons (Fsp3) is 0.231. The van der Waals surface area contributed by atoms with Crippen molar-refractivity contribution in [1.82, 2.24) is 5.43 Å². The molecule has 3 rings (SSSR count). The fourth-order valence-corrected chi connectivity index (χ4v) is 3.61. The summed E-state index contributed by atoms with van der Waals surface area (Å²) >= 11 is 6.40. The van der Waals surface area contributed by atoms with E-state index in [1.807, 2.05) is 6.92 Å². The van der Waals surface area contributed by atoms with Crippen LogP contribution in [-0.2, 0) is 0 Å². The molecule has 14 heteroatoms. The van der Waals surface area contributed by atoms with E-state index in [4.69, 9.17) is 30.5 Å². The molecule has 0 aliphatic heterocycles. The van der Waals surface area contributed by atoms with Crippen LogP contribution >= 0.6 is 11.6 Å². The van der Waals surface area contributed by atoms with E-state index in [9.17, 15) is 25.0 Å². The molecule has 3 aromatic rings. The maximum atomic E-state index is 12.6. The molecular formula is C26H25ClN4O9. The molecule has 40 heavy (non-hydrogen) atoms. The zero-order valence-corrected chi connectivity index (χ0v) is 22.5. The summed E-state index contributed by atoms with van der Waals surface area (Å²) in [4.78, 5) is 33.5. The number of nitrogens with one attached hydrogen (secondary N) is 1. The van der Waals surface area contributed by atoms with Gasteiger partial charge in [-0.15, -0.1) is 0 Å². The maximum Gasteiger partial charge on any atom is 0.318 e. The van der Waals surface area contributed by atoms with Crippen molar-refractivity contribution in [3.05, 3.63) is 84.9 Å². The topological polar surface area (TPSA) is 165 Å². The van der Waals surface area contributed by atoms with Crippen molar-refractivity contribution in [1.29, 1.82) is 0 Å². The molecule has 0 unspecified atom stereocenters. The molecule has 210 valence electrons. The van der Waals surface area contributed by atoms with Crippen LogP contribution in [0.4, 0.5) is 11.4 Å². The van der Waals surface area contributed by atoms with Gasteiger partial charge >= 0.3 is 5.69 Å². The molecule has 0 saturated carbocycles. The summed E-state index contributed by atoms with van der Waals surface area (Å²) in [5.74, 6) is 0.236. The molecule has 0 radical (unpaired) electrons. The van der Waals surface area contributed by atoms with E-state index in [1.165, 1.54) is 31.5 Å². The van der Waals surface area contributed by atoms with Gasteiger partial charge in [-0.25, -0.2) is 5.43 Å². The summed E-state index contributed by atoms with van der Waals surface area (Å²) < 4.78 is 22.2. The minimum atomic E-state index is -0.804. The summed E-state index contributed by atoms with van der Waals surface area (Å²) in [5, 5.41) is 26.5. The lowest BCUT2D eigenvalue weighted by Crippen LogP contribution is -2.17. The van der Waals surface area contributed by atoms with Gasteiger partial charge in [-0.1, -0.05) is 18.5 Å². The van der Waals surface area contributed by atoms with Crippen molar-refractivity contribution in [2.75, 3.05) is 20.3 Å². The molecule has 0 atom stereocenters. The number of amides is 1. The average Bonchev–Trinajstić information content (AvgIpc) is 2.93. The third-order valence-electron chi connectivity index (χ3n) is 5.16. The number of benzene rings is 3. The second-order valence-electron chi connectivity index (χ2n) is 7.94. The molecule has 0 saturated heterocycles. The highest BCUT2D eigenvalue weighted by Crippen LogP contribution is 2.42. The molecule has 0 fully saturated rings. The number of hydrogen-bond donors (Lipinski definition) is 1. The number of rotatable bonds is 13. The number of nitro benzene ring substituents is 2. The number of hydrazone groups is 1. The normalized spacial score (nSPS) is 10.7. The van der Waals surface area contributed by atoms with Crippen LogP contribution in [0.5, 0.6) is 28.7 Å².